The number of rotatable bonds is 6. The summed E-state index contributed by atoms with van der Waals surface area (Å²) in [6, 6.07) is 12.0. The van der Waals surface area contributed by atoms with Crippen LogP contribution in [0.2, 0.25) is 0 Å². The molecule has 134 valence electrons. The van der Waals surface area contributed by atoms with E-state index in [0.717, 1.165) is 0 Å². The molecule has 0 fully saturated rings. The van der Waals surface area contributed by atoms with Gasteiger partial charge in [0.15, 0.2) is 11.7 Å². The van der Waals surface area contributed by atoms with E-state index < -0.39 is 17.9 Å². The second-order valence-electron chi connectivity index (χ2n) is 5.78. The zero-order chi connectivity index (χ0) is 18.5. The molecule has 2 aromatic carbocycles. The van der Waals surface area contributed by atoms with Gasteiger partial charge in [0.2, 0.25) is 0 Å². The van der Waals surface area contributed by atoms with Gasteiger partial charge >= 0.3 is 5.97 Å². The molecular weight excluding hydrogens is 340 g/mol. The molecule has 0 N–H and O–H groups in total. The summed E-state index contributed by atoms with van der Waals surface area (Å²) in [5.74, 6) is -0.530. The molecule has 1 atom stereocenters. The second-order valence-corrected chi connectivity index (χ2v) is 5.78. The summed E-state index contributed by atoms with van der Waals surface area (Å²) in [7, 11) is 0. The summed E-state index contributed by atoms with van der Waals surface area (Å²) >= 11 is 0. The monoisotopic (exact) mass is 357 g/mol. The SMILES string of the molecule is CC(OC(=O)CCc1ncc(-c2ccccc2F)o1)c1ccc(F)cc1. The first-order chi connectivity index (χ1) is 12.5. The van der Waals surface area contributed by atoms with Gasteiger partial charge in [-0.05, 0) is 36.8 Å². The van der Waals surface area contributed by atoms with E-state index in [9.17, 15) is 13.6 Å². The maximum atomic E-state index is 13.7. The second kappa shape index (κ2) is 7.91. The van der Waals surface area contributed by atoms with Crippen LogP contribution in [0.1, 0.15) is 30.9 Å². The molecule has 6 heteroatoms. The Morgan fingerprint density at radius 2 is 1.88 bits per heavy atom. The summed E-state index contributed by atoms with van der Waals surface area (Å²) in [6.07, 6.45) is 1.26. The Balaban J connectivity index is 1.55. The molecule has 0 saturated carbocycles. The largest absolute Gasteiger partial charge is 0.458 e. The Labute approximate surface area is 149 Å². The molecule has 0 aliphatic carbocycles. The van der Waals surface area contributed by atoms with Crippen molar-refractivity contribution in [1.29, 1.82) is 0 Å². The van der Waals surface area contributed by atoms with E-state index in [2.05, 4.69) is 4.98 Å². The molecular formula is C20H17F2NO3. The molecule has 26 heavy (non-hydrogen) atoms. The number of benzene rings is 2. The number of aryl methyl sites for hydroxylation is 1. The van der Waals surface area contributed by atoms with E-state index in [1.165, 1.54) is 24.4 Å². The molecule has 0 spiro atoms. The average Bonchev–Trinajstić information content (AvgIpc) is 3.09. The zero-order valence-electron chi connectivity index (χ0n) is 14.1. The van der Waals surface area contributed by atoms with Gasteiger partial charge in [0.1, 0.15) is 17.7 Å². The van der Waals surface area contributed by atoms with Crippen molar-refractivity contribution in [2.24, 2.45) is 0 Å². The van der Waals surface area contributed by atoms with Crippen molar-refractivity contribution in [2.45, 2.75) is 25.9 Å². The minimum atomic E-state index is -0.485. The number of carbonyl (C=O) groups excluding carboxylic acids is 1. The van der Waals surface area contributed by atoms with Crippen molar-refractivity contribution in [3.63, 3.8) is 0 Å². The van der Waals surface area contributed by atoms with Gasteiger partial charge in [-0.1, -0.05) is 24.3 Å². The van der Waals surface area contributed by atoms with Crippen molar-refractivity contribution < 1.29 is 22.7 Å². The Morgan fingerprint density at radius 3 is 2.62 bits per heavy atom. The molecule has 0 aliphatic heterocycles. The highest BCUT2D eigenvalue weighted by Crippen LogP contribution is 2.24. The smallest absolute Gasteiger partial charge is 0.306 e. The lowest BCUT2D eigenvalue weighted by atomic mass is 10.1. The van der Waals surface area contributed by atoms with Crippen molar-refractivity contribution >= 4 is 5.97 Å². The van der Waals surface area contributed by atoms with Crippen molar-refractivity contribution in [3.8, 4) is 11.3 Å². The van der Waals surface area contributed by atoms with Crippen LogP contribution in [0.15, 0.2) is 59.1 Å². The van der Waals surface area contributed by atoms with Crippen LogP contribution < -0.4 is 0 Å². The normalized spacial score (nSPS) is 12.0. The Morgan fingerprint density at radius 1 is 1.15 bits per heavy atom. The highest BCUT2D eigenvalue weighted by atomic mass is 19.1. The lowest BCUT2D eigenvalue weighted by molar-refractivity contribution is -0.148. The molecule has 0 radical (unpaired) electrons. The van der Waals surface area contributed by atoms with E-state index in [1.807, 2.05) is 0 Å². The van der Waals surface area contributed by atoms with Gasteiger partial charge in [0.25, 0.3) is 0 Å². The predicted molar refractivity (Wildman–Crippen MR) is 91.1 cm³/mol. The minimum absolute atomic E-state index is 0.0722. The van der Waals surface area contributed by atoms with Gasteiger partial charge in [-0.15, -0.1) is 0 Å². The predicted octanol–water partition coefficient (Wildman–Crippen LogP) is 4.86. The van der Waals surface area contributed by atoms with E-state index in [4.69, 9.17) is 9.15 Å². The zero-order valence-corrected chi connectivity index (χ0v) is 14.1. The van der Waals surface area contributed by atoms with Crippen LogP contribution in [0.25, 0.3) is 11.3 Å². The molecule has 0 saturated heterocycles. The third-order valence-corrected chi connectivity index (χ3v) is 3.88. The Bertz CT molecular complexity index is 890. The van der Waals surface area contributed by atoms with Crippen molar-refractivity contribution in [3.05, 3.63) is 77.8 Å². The molecule has 0 aliphatic rings. The highest BCUT2D eigenvalue weighted by molar-refractivity contribution is 5.70. The molecule has 4 nitrogen and oxygen atoms in total. The molecule has 1 aromatic heterocycles. The van der Waals surface area contributed by atoms with E-state index in [-0.39, 0.29) is 18.7 Å². The van der Waals surface area contributed by atoms with Crippen LogP contribution in [0.3, 0.4) is 0 Å². The maximum absolute atomic E-state index is 13.7. The fourth-order valence-corrected chi connectivity index (χ4v) is 2.48. The summed E-state index contributed by atoms with van der Waals surface area (Å²) in [5, 5.41) is 0. The molecule has 3 rings (SSSR count). The number of hydrogen-bond acceptors (Lipinski definition) is 4. The van der Waals surface area contributed by atoms with E-state index >= 15 is 0 Å². The number of carbonyl (C=O) groups is 1. The van der Waals surface area contributed by atoms with Gasteiger partial charge in [0.05, 0.1) is 18.2 Å². The van der Waals surface area contributed by atoms with Gasteiger partial charge in [-0.3, -0.25) is 4.79 Å². The fourth-order valence-electron chi connectivity index (χ4n) is 2.48. The van der Waals surface area contributed by atoms with Crippen LogP contribution in [0.5, 0.6) is 0 Å². The van der Waals surface area contributed by atoms with Crippen molar-refractivity contribution in [1.82, 2.24) is 4.98 Å². The number of halogens is 2. The van der Waals surface area contributed by atoms with Crippen LogP contribution in [-0.4, -0.2) is 11.0 Å². The Hall–Kier alpha value is -3.02. The van der Waals surface area contributed by atoms with Crippen LogP contribution >= 0.6 is 0 Å². The number of hydrogen-bond donors (Lipinski definition) is 0. The standard InChI is InChI=1S/C20H17F2NO3/c1-13(14-6-8-15(21)9-7-14)25-20(24)11-10-19-23-12-18(26-19)16-4-2-3-5-17(16)22/h2-9,12-13H,10-11H2,1H3. The van der Waals surface area contributed by atoms with Crippen LogP contribution in [0.4, 0.5) is 8.78 Å². The summed E-state index contributed by atoms with van der Waals surface area (Å²) in [6.45, 7) is 1.71. The quantitative estimate of drug-likeness (QED) is 0.592. The van der Waals surface area contributed by atoms with Crippen molar-refractivity contribution in [2.75, 3.05) is 0 Å². The van der Waals surface area contributed by atoms with Gasteiger partial charge < -0.3 is 9.15 Å². The molecule has 1 unspecified atom stereocenters. The molecule has 1 heterocycles. The number of ether oxygens (including phenoxy) is 1. The lowest BCUT2D eigenvalue weighted by Crippen LogP contribution is -2.09. The summed E-state index contributed by atoms with van der Waals surface area (Å²) in [4.78, 5) is 16.0. The first kappa shape index (κ1) is 17.8. The number of oxazole rings is 1. The van der Waals surface area contributed by atoms with E-state index in [0.29, 0.717) is 22.8 Å². The molecule has 3 aromatic rings. The first-order valence-corrected chi connectivity index (χ1v) is 8.17. The summed E-state index contributed by atoms with van der Waals surface area (Å²) in [5.41, 5.74) is 1.02. The van der Waals surface area contributed by atoms with E-state index in [1.54, 1.807) is 37.3 Å². The number of esters is 1. The maximum Gasteiger partial charge on any atom is 0.306 e. The average molecular weight is 357 g/mol. The topological polar surface area (TPSA) is 52.3 Å². The molecule has 0 amide bonds. The van der Waals surface area contributed by atoms with Gasteiger partial charge in [-0.25, -0.2) is 13.8 Å². The molecule has 0 bridgehead atoms. The highest BCUT2D eigenvalue weighted by Gasteiger charge is 2.15. The minimum Gasteiger partial charge on any atom is -0.458 e. The van der Waals surface area contributed by atoms with Gasteiger partial charge in [0, 0.05) is 6.42 Å². The fraction of sp³-hybridized carbons (Fsp3) is 0.200. The number of aromatic nitrogens is 1. The van der Waals surface area contributed by atoms with Gasteiger partial charge in [-0.2, -0.15) is 0 Å². The summed E-state index contributed by atoms with van der Waals surface area (Å²) < 4.78 is 37.5. The van der Waals surface area contributed by atoms with Crippen LogP contribution in [0, 0.1) is 11.6 Å². The third kappa shape index (κ3) is 4.33. The first-order valence-electron chi connectivity index (χ1n) is 8.17. The number of nitrogens with zero attached hydrogens (tertiary/aromatic N) is 1. The van der Waals surface area contributed by atoms with Crippen LogP contribution in [-0.2, 0) is 16.0 Å². The third-order valence-electron chi connectivity index (χ3n) is 3.88. The Kier molecular flexibility index (Phi) is 5.41. The lowest BCUT2D eigenvalue weighted by Gasteiger charge is -2.13.